The van der Waals surface area contributed by atoms with Gasteiger partial charge in [0, 0.05) is 12.8 Å². The van der Waals surface area contributed by atoms with Gasteiger partial charge in [0.2, 0.25) is 0 Å². The molecule has 13 nitrogen and oxygen atoms in total. The molecule has 0 heterocycles. The summed E-state index contributed by atoms with van der Waals surface area (Å²) in [6, 6.07) is 0. The molecule has 6 N–H and O–H groups in total. The van der Waals surface area contributed by atoms with Crippen molar-refractivity contribution in [2.75, 3.05) is 26.4 Å². The van der Waals surface area contributed by atoms with Crippen molar-refractivity contribution in [1.29, 1.82) is 0 Å². The van der Waals surface area contributed by atoms with E-state index in [1.165, 1.54) is 103 Å². The van der Waals surface area contributed by atoms with Gasteiger partial charge in [0.05, 0.1) is 19.8 Å². The number of carbonyl (C=O) groups is 2. The Balaban J connectivity index is 4.69. The van der Waals surface area contributed by atoms with Gasteiger partial charge >= 0.3 is 19.8 Å². The van der Waals surface area contributed by atoms with Gasteiger partial charge in [-0.3, -0.25) is 18.6 Å². The predicted molar refractivity (Wildman–Crippen MR) is 233 cm³/mol. The van der Waals surface area contributed by atoms with Crippen LogP contribution < -0.4 is 0 Å². The van der Waals surface area contributed by atoms with Gasteiger partial charge in [-0.1, -0.05) is 167 Å². The summed E-state index contributed by atoms with van der Waals surface area (Å²) in [5, 5.41) is 48.3. The summed E-state index contributed by atoms with van der Waals surface area (Å²) in [4.78, 5) is 35.6. The van der Waals surface area contributed by atoms with Gasteiger partial charge in [0.15, 0.2) is 6.10 Å². The topological polar surface area (TPSA) is 210 Å². The molecule has 0 spiro atoms. The second-order valence-corrected chi connectivity index (χ2v) is 17.6. The number of ether oxygens (including phenoxy) is 2. The lowest BCUT2D eigenvalue weighted by molar-refractivity contribution is -0.161. The maximum atomic E-state index is 12.7. The van der Waals surface area contributed by atoms with E-state index in [1.54, 1.807) is 0 Å². The van der Waals surface area contributed by atoms with Crippen LogP contribution in [-0.2, 0) is 32.7 Å². The fourth-order valence-corrected chi connectivity index (χ4v) is 7.69. The van der Waals surface area contributed by atoms with Gasteiger partial charge in [-0.05, 0) is 38.5 Å². The first-order chi connectivity index (χ1) is 28.5. The summed E-state index contributed by atoms with van der Waals surface area (Å²) in [5.74, 6) is -1.09. The zero-order valence-electron chi connectivity index (χ0n) is 37.1. The van der Waals surface area contributed by atoms with Crippen molar-refractivity contribution >= 4 is 19.8 Å². The summed E-state index contributed by atoms with van der Waals surface area (Å²) < 4.78 is 33.4. The van der Waals surface area contributed by atoms with E-state index < -0.39 is 76.7 Å². The third kappa shape index (κ3) is 35.8. The zero-order valence-corrected chi connectivity index (χ0v) is 38.0. The van der Waals surface area contributed by atoms with Crippen LogP contribution in [0.15, 0.2) is 12.2 Å². The average molecular weight is 867 g/mol. The number of phosphoric acid groups is 1. The maximum Gasteiger partial charge on any atom is 0.472 e. The molecule has 0 bridgehead atoms. The number of allylic oxidation sites excluding steroid dienone is 2. The van der Waals surface area contributed by atoms with Gasteiger partial charge in [-0.15, -0.1) is 0 Å². The van der Waals surface area contributed by atoms with Crippen LogP contribution in [0.2, 0.25) is 0 Å². The average Bonchev–Trinajstić information content (AvgIpc) is 3.22. The second-order valence-electron chi connectivity index (χ2n) is 16.2. The molecule has 0 saturated carbocycles. The number of phosphoric ester groups is 1. The normalized spacial score (nSPS) is 15.5. The van der Waals surface area contributed by atoms with Crippen LogP contribution >= 0.6 is 7.82 Å². The number of aliphatic hydroxyl groups excluding tert-OH is 5. The summed E-state index contributed by atoms with van der Waals surface area (Å²) >= 11 is 0. The molecule has 0 aromatic heterocycles. The number of hydrogen-bond donors (Lipinski definition) is 6. The van der Waals surface area contributed by atoms with E-state index >= 15 is 0 Å². The molecule has 0 aromatic rings. The Kier molecular flexibility index (Phi) is 39.7. The fourth-order valence-electron chi connectivity index (χ4n) is 6.74. The molecule has 0 radical (unpaired) electrons. The van der Waals surface area contributed by atoms with Crippen molar-refractivity contribution in [2.45, 2.75) is 237 Å². The van der Waals surface area contributed by atoms with E-state index in [4.69, 9.17) is 23.6 Å². The Labute approximate surface area is 357 Å². The number of unbranched alkanes of at least 4 members (excludes halogenated alkanes) is 25. The van der Waals surface area contributed by atoms with Crippen molar-refractivity contribution in [3.63, 3.8) is 0 Å². The van der Waals surface area contributed by atoms with Crippen LogP contribution in [0.4, 0.5) is 0 Å². The van der Waals surface area contributed by atoms with Crippen molar-refractivity contribution in [1.82, 2.24) is 0 Å². The summed E-state index contributed by atoms with van der Waals surface area (Å²) in [6.07, 6.45) is 28.3. The molecule has 0 fully saturated rings. The van der Waals surface area contributed by atoms with Gasteiger partial charge in [-0.2, -0.15) is 0 Å². The van der Waals surface area contributed by atoms with Crippen LogP contribution in [-0.4, -0.2) is 99.3 Å². The zero-order chi connectivity index (χ0) is 43.8. The lowest BCUT2D eigenvalue weighted by Crippen LogP contribution is -2.47. The molecule has 0 aliphatic rings. The molecule has 59 heavy (non-hydrogen) atoms. The number of hydrogen-bond acceptors (Lipinski definition) is 12. The fraction of sp³-hybridized carbons (Fsp3) is 0.911. The summed E-state index contributed by atoms with van der Waals surface area (Å²) in [5.41, 5.74) is 0. The maximum absolute atomic E-state index is 12.7. The van der Waals surface area contributed by atoms with E-state index in [2.05, 4.69) is 26.0 Å². The predicted octanol–water partition coefficient (Wildman–Crippen LogP) is 9.31. The van der Waals surface area contributed by atoms with Crippen LogP contribution in [0.5, 0.6) is 0 Å². The monoisotopic (exact) mass is 867 g/mol. The van der Waals surface area contributed by atoms with Gasteiger partial charge in [-0.25, -0.2) is 4.57 Å². The van der Waals surface area contributed by atoms with E-state index in [9.17, 15) is 39.5 Å². The van der Waals surface area contributed by atoms with Crippen molar-refractivity contribution < 1.29 is 63.1 Å². The van der Waals surface area contributed by atoms with Crippen LogP contribution in [0.25, 0.3) is 0 Å². The standard InChI is InChI=1S/C45H87O13P/c1-3-5-7-9-11-13-15-17-19-21-23-25-27-29-31-33-42(49)55-37-39(38-56-59(53,54)58-41(36-47)45(52)44(51)40(48)35-46)57-43(50)34-32-30-28-26-24-22-20-18-16-14-12-10-8-6-4-2/h15,17,39-41,44-48,51-52H,3-14,16,18-38H2,1-2H3,(H,53,54)/b17-15-/t39-,40-,41-,44-,45-/m1/s1. The Hall–Kier alpha value is -1.41. The molecular formula is C45H87O13P. The van der Waals surface area contributed by atoms with Crippen LogP contribution in [0, 0.1) is 0 Å². The Morgan fingerprint density at radius 2 is 0.949 bits per heavy atom. The molecule has 0 rings (SSSR count). The molecule has 0 saturated heterocycles. The summed E-state index contributed by atoms with van der Waals surface area (Å²) in [7, 11) is -5.05. The van der Waals surface area contributed by atoms with Crippen molar-refractivity contribution in [3.05, 3.63) is 12.2 Å². The first-order valence-electron chi connectivity index (χ1n) is 23.4. The van der Waals surface area contributed by atoms with Gasteiger partial charge in [0.25, 0.3) is 0 Å². The number of esters is 2. The van der Waals surface area contributed by atoms with E-state index in [0.717, 1.165) is 64.2 Å². The highest BCUT2D eigenvalue weighted by Crippen LogP contribution is 2.45. The highest BCUT2D eigenvalue weighted by Gasteiger charge is 2.37. The minimum absolute atomic E-state index is 0.106. The first-order valence-corrected chi connectivity index (χ1v) is 24.9. The molecule has 0 aliphatic heterocycles. The van der Waals surface area contributed by atoms with Gasteiger partial charge in [0.1, 0.15) is 31.0 Å². The SMILES string of the molecule is CCCCCCC/C=C\CCCCCCCCC(=O)OC[C@H](COP(=O)(O)O[C@H](CO)[C@@H](O)[C@H](O)[C@H](O)CO)OC(=O)CCCCCCCCCCCCCCCCC. The molecule has 1 unspecified atom stereocenters. The molecule has 350 valence electrons. The Morgan fingerprint density at radius 1 is 0.542 bits per heavy atom. The van der Waals surface area contributed by atoms with Crippen LogP contribution in [0.3, 0.4) is 0 Å². The Bertz CT molecular complexity index is 1050. The minimum atomic E-state index is -5.05. The second kappa shape index (κ2) is 40.6. The smallest absolute Gasteiger partial charge is 0.462 e. The largest absolute Gasteiger partial charge is 0.472 e. The van der Waals surface area contributed by atoms with Crippen LogP contribution in [0.1, 0.15) is 206 Å². The lowest BCUT2D eigenvalue weighted by Gasteiger charge is -2.28. The Morgan fingerprint density at radius 3 is 1.37 bits per heavy atom. The number of aliphatic hydroxyl groups is 5. The summed E-state index contributed by atoms with van der Waals surface area (Å²) in [6.45, 7) is 1.36. The quantitative estimate of drug-likeness (QED) is 0.0146. The van der Waals surface area contributed by atoms with Crippen molar-refractivity contribution in [3.8, 4) is 0 Å². The van der Waals surface area contributed by atoms with E-state index in [-0.39, 0.29) is 12.8 Å². The lowest BCUT2D eigenvalue weighted by atomic mass is 10.0. The van der Waals surface area contributed by atoms with E-state index in [0.29, 0.717) is 12.8 Å². The number of rotatable bonds is 44. The minimum Gasteiger partial charge on any atom is -0.462 e. The number of carbonyl (C=O) groups excluding carboxylic acids is 2. The first kappa shape index (κ1) is 57.6. The molecule has 14 heteroatoms. The van der Waals surface area contributed by atoms with Gasteiger partial charge < -0.3 is 39.9 Å². The molecule has 0 amide bonds. The highest BCUT2D eigenvalue weighted by atomic mass is 31.2. The molecule has 0 aliphatic carbocycles. The third-order valence-electron chi connectivity index (χ3n) is 10.5. The third-order valence-corrected chi connectivity index (χ3v) is 11.6. The van der Waals surface area contributed by atoms with E-state index in [1.807, 2.05) is 0 Å². The molecule has 0 aromatic carbocycles. The molecule has 6 atom stereocenters. The highest BCUT2D eigenvalue weighted by molar-refractivity contribution is 7.47. The molecular weight excluding hydrogens is 779 g/mol. The van der Waals surface area contributed by atoms with Crippen molar-refractivity contribution in [2.24, 2.45) is 0 Å².